The number of H-pyrrole nitrogens is 1. The molecule has 0 unspecified atom stereocenters. The van der Waals surface area contributed by atoms with Crippen molar-refractivity contribution in [3.8, 4) is 5.75 Å². The molecule has 0 atom stereocenters. The summed E-state index contributed by atoms with van der Waals surface area (Å²) in [6.45, 7) is 2.35. The number of nitrogens with one attached hydrogen (secondary N) is 1. The Bertz CT molecular complexity index is 1300. The van der Waals surface area contributed by atoms with Crippen molar-refractivity contribution in [3.05, 3.63) is 61.5 Å². The van der Waals surface area contributed by atoms with Gasteiger partial charge in [-0.3, -0.25) is 23.7 Å². The normalized spacial score (nSPS) is 13.3. The Morgan fingerprint density at radius 1 is 1.30 bits per heavy atom. The van der Waals surface area contributed by atoms with Crippen LogP contribution in [0.25, 0.3) is 0 Å². The Kier molecular flexibility index (Phi) is 6.89. The Labute approximate surface area is 198 Å². The van der Waals surface area contributed by atoms with Crippen LogP contribution >= 0.6 is 23.4 Å². The second-order valence-electron chi connectivity index (χ2n) is 7.60. The Morgan fingerprint density at radius 3 is 2.76 bits per heavy atom. The monoisotopic (exact) mass is 490 g/mol. The molecule has 0 bridgehead atoms. The van der Waals surface area contributed by atoms with E-state index in [4.69, 9.17) is 22.1 Å². The van der Waals surface area contributed by atoms with Gasteiger partial charge in [-0.15, -0.1) is 10.2 Å². The van der Waals surface area contributed by atoms with E-state index in [1.54, 1.807) is 12.1 Å². The van der Waals surface area contributed by atoms with Crippen molar-refractivity contribution in [3.63, 3.8) is 0 Å². The van der Waals surface area contributed by atoms with Gasteiger partial charge < -0.3 is 10.5 Å². The number of rotatable bonds is 10. The fourth-order valence-electron chi connectivity index (χ4n) is 3.41. The number of para-hydroxylation sites is 1. The van der Waals surface area contributed by atoms with Crippen LogP contribution in [-0.2, 0) is 13.2 Å². The van der Waals surface area contributed by atoms with Gasteiger partial charge in [0.1, 0.15) is 23.7 Å². The van der Waals surface area contributed by atoms with Crippen molar-refractivity contribution in [2.24, 2.45) is 0 Å². The molecule has 4 rings (SSSR count). The number of nitrogens with two attached hydrogens (primary N) is 1. The Hall–Kier alpha value is -3.05. The Balaban J connectivity index is 1.51. The average Bonchev–Trinajstić information content (AvgIpc) is 3.54. The van der Waals surface area contributed by atoms with Crippen LogP contribution in [0.5, 0.6) is 5.75 Å². The molecular weight excluding hydrogens is 468 g/mol. The number of hydrogen-bond donors (Lipinski definition) is 2. The van der Waals surface area contributed by atoms with E-state index in [2.05, 4.69) is 15.2 Å². The lowest BCUT2D eigenvalue weighted by molar-refractivity contribution is 0.102. The zero-order valence-electron chi connectivity index (χ0n) is 17.9. The molecule has 0 saturated heterocycles. The first-order valence-corrected chi connectivity index (χ1v) is 11.9. The molecule has 1 fully saturated rings. The molecular formula is C21H23ClN6O4S. The SMILES string of the molecule is CCCn1c(N)c(C(=O)CSc2nnc(COc3ccccc3Cl)n2C2CC2)c(=O)[nH]c1=O. The second kappa shape index (κ2) is 9.84. The van der Waals surface area contributed by atoms with E-state index in [1.807, 2.05) is 23.6 Å². The van der Waals surface area contributed by atoms with Crippen molar-refractivity contribution in [2.75, 3.05) is 11.5 Å². The van der Waals surface area contributed by atoms with Gasteiger partial charge in [0.05, 0.1) is 10.8 Å². The minimum atomic E-state index is -0.784. The van der Waals surface area contributed by atoms with Crippen molar-refractivity contribution < 1.29 is 9.53 Å². The summed E-state index contributed by atoms with van der Waals surface area (Å²) in [5.74, 6) is 0.497. The number of anilines is 1. The number of Topliss-reactive ketones (excluding diaryl/α,β-unsaturated/α-hetero) is 1. The van der Waals surface area contributed by atoms with Gasteiger partial charge in [0.15, 0.2) is 16.8 Å². The van der Waals surface area contributed by atoms with Gasteiger partial charge in [0, 0.05) is 12.6 Å². The maximum absolute atomic E-state index is 12.8. The lowest BCUT2D eigenvalue weighted by Crippen LogP contribution is -2.36. The summed E-state index contributed by atoms with van der Waals surface area (Å²) in [5, 5.41) is 9.51. The molecule has 174 valence electrons. The molecule has 12 heteroatoms. The predicted molar refractivity (Wildman–Crippen MR) is 125 cm³/mol. The van der Waals surface area contributed by atoms with E-state index < -0.39 is 17.0 Å². The molecule has 0 aliphatic heterocycles. The second-order valence-corrected chi connectivity index (χ2v) is 8.95. The number of ether oxygens (including phenoxy) is 1. The lowest BCUT2D eigenvalue weighted by atomic mass is 10.2. The third-order valence-electron chi connectivity index (χ3n) is 5.14. The fourth-order valence-corrected chi connectivity index (χ4v) is 4.50. The number of halogens is 1. The van der Waals surface area contributed by atoms with E-state index in [1.165, 1.54) is 16.3 Å². The topological polar surface area (TPSA) is 138 Å². The molecule has 1 saturated carbocycles. The minimum absolute atomic E-state index is 0.0756. The number of nitrogens with zero attached hydrogens (tertiary/aromatic N) is 4. The summed E-state index contributed by atoms with van der Waals surface area (Å²) in [6, 6.07) is 7.40. The highest BCUT2D eigenvalue weighted by Crippen LogP contribution is 2.39. The van der Waals surface area contributed by atoms with Crippen LogP contribution in [0.1, 0.15) is 48.4 Å². The first-order valence-electron chi connectivity index (χ1n) is 10.5. The van der Waals surface area contributed by atoms with Gasteiger partial charge in [-0.2, -0.15) is 0 Å². The van der Waals surface area contributed by atoms with Crippen molar-refractivity contribution >= 4 is 35.0 Å². The molecule has 3 N–H and O–H groups in total. The number of carbonyl (C=O) groups is 1. The summed E-state index contributed by atoms with van der Waals surface area (Å²) in [6.07, 6.45) is 2.59. The number of thioether (sulfide) groups is 1. The van der Waals surface area contributed by atoms with Crippen LogP contribution in [0, 0.1) is 0 Å². The molecule has 0 spiro atoms. The van der Waals surface area contributed by atoms with E-state index in [9.17, 15) is 14.4 Å². The molecule has 1 aliphatic rings. The van der Waals surface area contributed by atoms with Crippen LogP contribution in [0.15, 0.2) is 39.0 Å². The molecule has 1 aliphatic carbocycles. The van der Waals surface area contributed by atoms with Gasteiger partial charge >= 0.3 is 5.69 Å². The van der Waals surface area contributed by atoms with Gasteiger partial charge in [0.2, 0.25) is 0 Å². The number of hydrogen-bond acceptors (Lipinski definition) is 8. The number of nitrogen functional groups attached to an aromatic ring is 1. The zero-order chi connectivity index (χ0) is 23.5. The van der Waals surface area contributed by atoms with Crippen LogP contribution in [0.2, 0.25) is 5.02 Å². The predicted octanol–water partition coefficient (Wildman–Crippen LogP) is 2.66. The number of carbonyl (C=O) groups excluding carboxylic acids is 1. The van der Waals surface area contributed by atoms with Crippen LogP contribution < -0.4 is 21.7 Å². The lowest BCUT2D eigenvalue weighted by Gasteiger charge is -2.12. The van der Waals surface area contributed by atoms with Gasteiger partial charge in [-0.05, 0) is 31.4 Å². The van der Waals surface area contributed by atoms with Crippen LogP contribution in [0.3, 0.4) is 0 Å². The van der Waals surface area contributed by atoms with Crippen LogP contribution in [0.4, 0.5) is 5.82 Å². The zero-order valence-corrected chi connectivity index (χ0v) is 19.5. The average molecular weight is 491 g/mol. The largest absolute Gasteiger partial charge is 0.484 e. The molecule has 1 aromatic carbocycles. The van der Waals surface area contributed by atoms with Crippen LogP contribution in [-0.4, -0.2) is 35.9 Å². The molecule has 3 aromatic rings. The first kappa shape index (κ1) is 23.1. The fraction of sp³-hybridized carbons (Fsp3) is 0.381. The van der Waals surface area contributed by atoms with Gasteiger partial charge in [0.25, 0.3) is 5.56 Å². The third-order valence-corrected chi connectivity index (χ3v) is 6.39. The summed E-state index contributed by atoms with van der Waals surface area (Å²) in [4.78, 5) is 39.3. The maximum Gasteiger partial charge on any atom is 0.329 e. The standard InChI is InChI=1S/C21H23ClN6O4S/c1-2-9-27-18(23)17(19(30)24-20(27)31)14(29)11-33-21-26-25-16(28(21)12-7-8-12)10-32-15-6-4-3-5-13(15)22/h3-6,12H,2,7-11,23H2,1H3,(H,24,30,31). The maximum atomic E-state index is 12.8. The number of ketones is 1. The smallest absolute Gasteiger partial charge is 0.329 e. The summed E-state index contributed by atoms with van der Waals surface area (Å²) in [7, 11) is 0. The summed E-state index contributed by atoms with van der Waals surface area (Å²) < 4.78 is 8.97. The third kappa shape index (κ3) is 4.98. The Morgan fingerprint density at radius 2 is 2.06 bits per heavy atom. The van der Waals surface area contributed by atoms with Gasteiger partial charge in [-0.25, -0.2) is 4.79 Å². The first-order chi connectivity index (χ1) is 15.9. The summed E-state index contributed by atoms with van der Waals surface area (Å²) >= 11 is 7.32. The number of benzene rings is 1. The van der Waals surface area contributed by atoms with Gasteiger partial charge in [-0.1, -0.05) is 42.4 Å². The molecule has 2 aromatic heterocycles. The highest BCUT2D eigenvalue weighted by Gasteiger charge is 2.30. The van der Waals surface area contributed by atoms with Crippen molar-refractivity contribution in [2.45, 2.75) is 50.5 Å². The van der Waals surface area contributed by atoms with E-state index in [0.717, 1.165) is 12.8 Å². The van der Waals surface area contributed by atoms with Crippen molar-refractivity contribution in [1.82, 2.24) is 24.3 Å². The molecule has 0 radical (unpaired) electrons. The molecule has 2 heterocycles. The quantitative estimate of drug-likeness (QED) is 0.326. The van der Waals surface area contributed by atoms with E-state index >= 15 is 0 Å². The van der Waals surface area contributed by atoms with E-state index in [0.29, 0.717) is 34.7 Å². The number of aromatic amines is 1. The highest BCUT2D eigenvalue weighted by atomic mass is 35.5. The molecule has 10 nitrogen and oxygen atoms in total. The minimum Gasteiger partial charge on any atom is -0.484 e. The number of aromatic nitrogens is 5. The highest BCUT2D eigenvalue weighted by molar-refractivity contribution is 7.99. The van der Waals surface area contributed by atoms with Crippen molar-refractivity contribution in [1.29, 1.82) is 0 Å². The molecule has 33 heavy (non-hydrogen) atoms. The van der Waals surface area contributed by atoms with E-state index in [-0.39, 0.29) is 29.8 Å². The summed E-state index contributed by atoms with van der Waals surface area (Å²) in [5.41, 5.74) is 4.37. The molecule has 0 amide bonds.